The molecule has 6 nitrogen and oxygen atoms in total. The van der Waals surface area contributed by atoms with Gasteiger partial charge in [-0.1, -0.05) is 0 Å². The van der Waals surface area contributed by atoms with Crippen LogP contribution in [0, 0.1) is 0 Å². The highest BCUT2D eigenvalue weighted by atomic mass is 32.1. The van der Waals surface area contributed by atoms with E-state index >= 15 is 0 Å². The molecule has 0 unspecified atom stereocenters. The van der Waals surface area contributed by atoms with Crippen molar-refractivity contribution in [2.75, 3.05) is 38.2 Å². The number of hydrogen-bond donors (Lipinski definition) is 0. The van der Waals surface area contributed by atoms with Gasteiger partial charge in [0.15, 0.2) is 5.13 Å². The number of anilines is 1. The third-order valence-electron chi connectivity index (χ3n) is 3.45. The Morgan fingerprint density at radius 1 is 1.24 bits per heavy atom. The summed E-state index contributed by atoms with van der Waals surface area (Å²) in [4.78, 5) is 25.0. The monoisotopic (exact) mass is 304 g/mol. The number of hydrogen-bond acceptors (Lipinski definition) is 6. The summed E-state index contributed by atoms with van der Waals surface area (Å²) < 4.78 is 5.16. The number of carbonyl (C=O) groups is 1. The molecule has 3 heterocycles. The summed E-state index contributed by atoms with van der Waals surface area (Å²) in [7, 11) is 1.53. The molecule has 0 radical (unpaired) electrons. The van der Waals surface area contributed by atoms with Gasteiger partial charge in [0, 0.05) is 44.0 Å². The van der Waals surface area contributed by atoms with Crippen molar-refractivity contribution < 1.29 is 9.53 Å². The summed E-state index contributed by atoms with van der Waals surface area (Å²) in [6.07, 6.45) is 3.42. The Hall–Kier alpha value is -2.15. The molecule has 0 aliphatic carbocycles. The van der Waals surface area contributed by atoms with Crippen molar-refractivity contribution in [3.8, 4) is 5.88 Å². The fourth-order valence-corrected chi connectivity index (χ4v) is 3.06. The first-order chi connectivity index (χ1) is 10.3. The Morgan fingerprint density at radius 2 is 2.05 bits per heavy atom. The molecular formula is C14H16N4O2S. The zero-order chi connectivity index (χ0) is 14.7. The quantitative estimate of drug-likeness (QED) is 0.860. The number of rotatable bonds is 3. The number of nitrogens with zero attached hydrogens (tertiary/aromatic N) is 4. The predicted molar refractivity (Wildman–Crippen MR) is 81.0 cm³/mol. The normalized spacial score (nSPS) is 15.1. The van der Waals surface area contributed by atoms with Gasteiger partial charge in [-0.05, 0) is 12.1 Å². The van der Waals surface area contributed by atoms with Crippen LogP contribution in [0.5, 0.6) is 5.88 Å². The summed E-state index contributed by atoms with van der Waals surface area (Å²) in [6, 6.07) is 3.50. The van der Waals surface area contributed by atoms with Crippen molar-refractivity contribution in [3.63, 3.8) is 0 Å². The molecular weight excluding hydrogens is 288 g/mol. The third kappa shape index (κ3) is 2.82. The summed E-state index contributed by atoms with van der Waals surface area (Å²) >= 11 is 1.62. The van der Waals surface area contributed by atoms with E-state index < -0.39 is 0 Å². The molecule has 0 atom stereocenters. The maximum absolute atomic E-state index is 12.5. The number of pyridine rings is 1. The molecule has 1 fully saturated rings. The van der Waals surface area contributed by atoms with Crippen molar-refractivity contribution in [2.24, 2.45) is 0 Å². The number of piperazine rings is 1. The summed E-state index contributed by atoms with van der Waals surface area (Å²) in [5.41, 5.74) is 0.516. The Balaban J connectivity index is 1.68. The second-order valence-electron chi connectivity index (χ2n) is 4.65. The molecule has 1 aliphatic heterocycles. The second-order valence-corrected chi connectivity index (χ2v) is 5.53. The third-order valence-corrected chi connectivity index (χ3v) is 4.28. The fraction of sp³-hybridized carbons (Fsp3) is 0.357. The highest BCUT2D eigenvalue weighted by Gasteiger charge is 2.25. The minimum absolute atomic E-state index is 0.0289. The van der Waals surface area contributed by atoms with Crippen LogP contribution in [0.15, 0.2) is 29.9 Å². The molecule has 3 rings (SSSR count). The topological polar surface area (TPSA) is 58.6 Å². The van der Waals surface area contributed by atoms with Gasteiger partial charge in [0.05, 0.1) is 7.11 Å². The zero-order valence-electron chi connectivity index (χ0n) is 11.7. The Labute approximate surface area is 127 Å². The molecule has 7 heteroatoms. The fourth-order valence-electron chi connectivity index (χ4n) is 2.36. The van der Waals surface area contributed by atoms with E-state index in [9.17, 15) is 4.79 Å². The summed E-state index contributed by atoms with van der Waals surface area (Å²) in [5.74, 6) is 0.351. The molecule has 110 valence electrons. The van der Waals surface area contributed by atoms with Crippen molar-refractivity contribution in [1.82, 2.24) is 14.9 Å². The van der Waals surface area contributed by atoms with E-state index in [0.717, 1.165) is 18.2 Å². The Bertz CT molecular complexity index is 609. The van der Waals surface area contributed by atoms with Crippen molar-refractivity contribution in [2.45, 2.75) is 0 Å². The number of amides is 1. The highest BCUT2D eigenvalue weighted by Crippen LogP contribution is 2.21. The average molecular weight is 304 g/mol. The molecule has 1 amide bonds. The van der Waals surface area contributed by atoms with E-state index in [4.69, 9.17) is 4.74 Å². The van der Waals surface area contributed by atoms with Crippen molar-refractivity contribution >= 4 is 22.4 Å². The van der Waals surface area contributed by atoms with Crippen LogP contribution < -0.4 is 9.64 Å². The van der Waals surface area contributed by atoms with Crippen LogP contribution in [-0.4, -0.2) is 54.1 Å². The zero-order valence-corrected chi connectivity index (χ0v) is 12.5. The standard InChI is InChI=1S/C14H16N4O2S/c1-20-12-11(3-2-4-15-12)13(19)17-6-8-18(9-7-17)14-16-5-10-21-14/h2-5,10H,6-9H2,1H3. The van der Waals surface area contributed by atoms with Gasteiger partial charge in [-0.2, -0.15) is 0 Å². The lowest BCUT2D eigenvalue weighted by Gasteiger charge is -2.34. The van der Waals surface area contributed by atoms with Gasteiger partial charge in [0.1, 0.15) is 5.56 Å². The van der Waals surface area contributed by atoms with E-state index in [0.29, 0.717) is 24.5 Å². The molecule has 2 aromatic heterocycles. The van der Waals surface area contributed by atoms with Crippen LogP contribution >= 0.6 is 11.3 Å². The van der Waals surface area contributed by atoms with Gasteiger partial charge in [0.25, 0.3) is 5.91 Å². The lowest BCUT2D eigenvalue weighted by Crippen LogP contribution is -2.48. The SMILES string of the molecule is COc1ncccc1C(=O)N1CCN(c2nccs2)CC1. The summed E-state index contributed by atoms with van der Waals surface area (Å²) in [6.45, 7) is 2.94. The Morgan fingerprint density at radius 3 is 2.71 bits per heavy atom. The minimum Gasteiger partial charge on any atom is -0.480 e. The predicted octanol–water partition coefficient (Wildman–Crippen LogP) is 1.51. The molecule has 0 spiro atoms. The number of methoxy groups -OCH3 is 1. The smallest absolute Gasteiger partial charge is 0.259 e. The lowest BCUT2D eigenvalue weighted by atomic mass is 10.2. The largest absolute Gasteiger partial charge is 0.480 e. The van der Waals surface area contributed by atoms with Crippen LogP contribution in [0.2, 0.25) is 0 Å². The van der Waals surface area contributed by atoms with E-state index in [2.05, 4.69) is 14.9 Å². The Kier molecular flexibility index (Phi) is 4.01. The molecule has 0 bridgehead atoms. The van der Waals surface area contributed by atoms with E-state index in [-0.39, 0.29) is 5.91 Å². The van der Waals surface area contributed by atoms with Crippen LogP contribution in [0.1, 0.15) is 10.4 Å². The maximum atomic E-state index is 12.5. The molecule has 0 N–H and O–H groups in total. The first-order valence-corrected chi connectivity index (χ1v) is 7.60. The number of aromatic nitrogens is 2. The van der Waals surface area contributed by atoms with Crippen LogP contribution in [0.25, 0.3) is 0 Å². The van der Waals surface area contributed by atoms with Crippen LogP contribution in [-0.2, 0) is 0 Å². The van der Waals surface area contributed by atoms with Gasteiger partial charge in [0.2, 0.25) is 5.88 Å². The average Bonchev–Trinajstić information content (AvgIpc) is 3.09. The molecule has 2 aromatic rings. The van der Waals surface area contributed by atoms with Gasteiger partial charge < -0.3 is 14.5 Å². The maximum Gasteiger partial charge on any atom is 0.259 e. The first-order valence-electron chi connectivity index (χ1n) is 6.72. The van der Waals surface area contributed by atoms with E-state index in [1.54, 1.807) is 35.9 Å². The van der Waals surface area contributed by atoms with Crippen LogP contribution in [0.4, 0.5) is 5.13 Å². The number of ether oxygens (including phenoxy) is 1. The van der Waals surface area contributed by atoms with Gasteiger partial charge in [-0.3, -0.25) is 4.79 Å². The molecule has 21 heavy (non-hydrogen) atoms. The van der Waals surface area contributed by atoms with Crippen molar-refractivity contribution in [1.29, 1.82) is 0 Å². The number of thiazole rings is 1. The van der Waals surface area contributed by atoms with E-state index in [1.165, 1.54) is 7.11 Å². The molecule has 0 saturated carbocycles. The minimum atomic E-state index is -0.0289. The highest BCUT2D eigenvalue weighted by molar-refractivity contribution is 7.13. The first kappa shape index (κ1) is 13.8. The van der Waals surface area contributed by atoms with Gasteiger partial charge >= 0.3 is 0 Å². The lowest BCUT2D eigenvalue weighted by molar-refractivity contribution is 0.0742. The molecule has 1 aliphatic rings. The molecule has 1 saturated heterocycles. The van der Waals surface area contributed by atoms with E-state index in [1.807, 2.05) is 10.3 Å². The van der Waals surface area contributed by atoms with Crippen molar-refractivity contribution in [3.05, 3.63) is 35.5 Å². The van der Waals surface area contributed by atoms with Gasteiger partial charge in [-0.15, -0.1) is 11.3 Å². The summed E-state index contributed by atoms with van der Waals surface area (Å²) in [5, 5.41) is 2.98. The van der Waals surface area contributed by atoms with Crippen LogP contribution in [0.3, 0.4) is 0 Å². The van der Waals surface area contributed by atoms with Gasteiger partial charge in [-0.25, -0.2) is 9.97 Å². The number of carbonyl (C=O) groups excluding carboxylic acids is 1. The second kappa shape index (κ2) is 6.09. The molecule has 0 aromatic carbocycles.